The largest absolute Gasteiger partial charge is 0.371 e. The van der Waals surface area contributed by atoms with Crippen molar-refractivity contribution in [2.45, 2.75) is 19.4 Å². The number of hydrogen-bond donors (Lipinski definition) is 1. The Morgan fingerprint density at radius 2 is 1.89 bits per heavy atom. The van der Waals surface area contributed by atoms with Crippen LogP contribution in [0.5, 0.6) is 0 Å². The number of nitrogens with zero attached hydrogens (tertiary/aromatic N) is 2. The molecule has 0 heterocycles. The first-order valence-corrected chi connectivity index (χ1v) is 6.30. The van der Waals surface area contributed by atoms with E-state index in [-0.39, 0.29) is 11.9 Å². The highest BCUT2D eigenvalue weighted by atomic mass is 19.1. The molecule has 1 unspecified atom stereocenters. The lowest BCUT2D eigenvalue weighted by Gasteiger charge is -2.22. The summed E-state index contributed by atoms with van der Waals surface area (Å²) in [6, 6.07) is 5.43. The summed E-state index contributed by atoms with van der Waals surface area (Å²) >= 11 is 0. The molecule has 0 aromatic heterocycles. The maximum atomic E-state index is 14.0. The first kappa shape index (κ1) is 14.9. The average Bonchev–Trinajstić information content (AvgIpc) is 2.25. The number of benzene rings is 1. The second kappa shape index (κ2) is 6.71. The molecule has 1 rings (SSSR count). The second-order valence-corrected chi connectivity index (χ2v) is 5.19. The van der Waals surface area contributed by atoms with E-state index in [9.17, 15) is 4.39 Å². The molecular formula is C14H24FN3. The molecule has 1 aromatic carbocycles. The van der Waals surface area contributed by atoms with Gasteiger partial charge in [-0.3, -0.25) is 0 Å². The topological polar surface area (TPSA) is 32.5 Å². The quantitative estimate of drug-likeness (QED) is 0.838. The minimum absolute atomic E-state index is 0.0571. The van der Waals surface area contributed by atoms with Crippen molar-refractivity contribution in [3.63, 3.8) is 0 Å². The first-order chi connectivity index (χ1) is 8.40. The van der Waals surface area contributed by atoms with Crippen LogP contribution >= 0.6 is 0 Å². The van der Waals surface area contributed by atoms with E-state index in [1.54, 1.807) is 6.07 Å². The van der Waals surface area contributed by atoms with Gasteiger partial charge in [-0.15, -0.1) is 0 Å². The molecule has 0 saturated carbocycles. The van der Waals surface area contributed by atoms with E-state index < -0.39 is 0 Å². The van der Waals surface area contributed by atoms with Crippen molar-refractivity contribution in [3.8, 4) is 0 Å². The van der Waals surface area contributed by atoms with Gasteiger partial charge in [0.2, 0.25) is 0 Å². The summed E-state index contributed by atoms with van der Waals surface area (Å²) in [5.41, 5.74) is 7.31. The zero-order valence-corrected chi connectivity index (χ0v) is 11.8. The fourth-order valence-corrected chi connectivity index (χ4v) is 1.83. The van der Waals surface area contributed by atoms with Crippen molar-refractivity contribution >= 4 is 5.69 Å². The smallest absolute Gasteiger partial charge is 0.146 e. The molecule has 0 radical (unpaired) electrons. The minimum Gasteiger partial charge on any atom is -0.371 e. The van der Waals surface area contributed by atoms with Gasteiger partial charge in [-0.05, 0) is 45.1 Å². The van der Waals surface area contributed by atoms with E-state index in [2.05, 4.69) is 4.90 Å². The summed E-state index contributed by atoms with van der Waals surface area (Å²) in [5, 5.41) is 0. The Hall–Kier alpha value is -1.13. The van der Waals surface area contributed by atoms with E-state index in [0.717, 1.165) is 18.7 Å². The monoisotopic (exact) mass is 253 g/mol. The summed E-state index contributed by atoms with van der Waals surface area (Å²) in [4.78, 5) is 4.02. The predicted molar refractivity (Wildman–Crippen MR) is 75.6 cm³/mol. The molecule has 0 saturated heterocycles. The highest BCUT2D eigenvalue weighted by molar-refractivity contribution is 5.48. The second-order valence-electron chi connectivity index (χ2n) is 5.19. The van der Waals surface area contributed by atoms with Crippen LogP contribution in [0, 0.1) is 5.82 Å². The third-order valence-corrected chi connectivity index (χ3v) is 2.86. The maximum absolute atomic E-state index is 14.0. The van der Waals surface area contributed by atoms with Crippen LogP contribution in [0.25, 0.3) is 0 Å². The van der Waals surface area contributed by atoms with Crippen LogP contribution in [0.2, 0.25) is 0 Å². The minimum atomic E-state index is -0.172. The first-order valence-electron chi connectivity index (χ1n) is 6.30. The van der Waals surface area contributed by atoms with Crippen LogP contribution in [0.4, 0.5) is 10.1 Å². The fourth-order valence-electron chi connectivity index (χ4n) is 1.83. The Kier molecular flexibility index (Phi) is 5.56. The zero-order chi connectivity index (χ0) is 13.7. The van der Waals surface area contributed by atoms with E-state index in [1.165, 1.54) is 0 Å². The van der Waals surface area contributed by atoms with Gasteiger partial charge in [-0.1, -0.05) is 6.07 Å². The Morgan fingerprint density at radius 1 is 1.22 bits per heavy atom. The summed E-state index contributed by atoms with van der Waals surface area (Å²) in [6.07, 6.45) is 0.707. The number of anilines is 1. The van der Waals surface area contributed by atoms with Gasteiger partial charge >= 0.3 is 0 Å². The van der Waals surface area contributed by atoms with Crippen LogP contribution in [-0.4, -0.2) is 45.2 Å². The van der Waals surface area contributed by atoms with Crippen molar-refractivity contribution < 1.29 is 4.39 Å². The molecule has 0 amide bonds. The molecule has 102 valence electrons. The molecule has 0 fully saturated rings. The number of nitrogens with two attached hydrogens (primary N) is 1. The highest BCUT2D eigenvalue weighted by Crippen LogP contribution is 2.19. The van der Waals surface area contributed by atoms with Gasteiger partial charge in [-0.2, -0.15) is 0 Å². The van der Waals surface area contributed by atoms with E-state index in [1.807, 2.05) is 45.1 Å². The Morgan fingerprint density at radius 3 is 2.39 bits per heavy atom. The summed E-state index contributed by atoms with van der Waals surface area (Å²) in [6.45, 7) is 3.63. The number of likely N-dealkylation sites (N-methyl/N-ethyl adjacent to an activating group) is 2. The van der Waals surface area contributed by atoms with E-state index in [4.69, 9.17) is 5.73 Å². The van der Waals surface area contributed by atoms with Gasteiger partial charge in [0.1, 0.15) is 5.82 Å². The SMILES string of the molecule is CC(N)Cc1ccc(N(C)CCN(C)C)c(F)c1. The Balaban J connectivity index is 2.72. The molecule has 0 aliphatic heterocycles. The summed E-state index contributed by atoms with van der Waals surface area (Å²) in [5.74, 6) is -0.172. The lowest BCUT2D eigenvalue weighted by molar-refractivity contribution is 0.416. The van der Waals surface area contributed by atoms with E-state index in [0.29, 0.717) is 12.1 Å². The van der Waals surface area contributed by atoms with Gasteiger partial charge < -0.3 is 15.5 Å². The Labute approximate surface area is 109 Å². The van der Waals surface area contributed by atoms with Gasteiger partial charge in [0.05, 0.1) is 5.69 Å². The van der Waals surface area contributed by atoms with Crippen molar-refractivity contribution in [1.29, 1.82) is 0 Å². The number of hydrogen-bond acceptors (Lipinski definition) is 3. The number of rotatable bonds is 6. The molecule has 18 heavy (non-hydrogen) atoms. The van der Waals surface area contributed by atoms with Crippen molar-refractivity contribution in [3.05, 3.63) is 29.6 Å². The van der Waals surface area contributed by atoms with Gasteiger partial charge in [-0.25, -0.2) is 4.39 Å². The lowest BCUT2D eigenvalue weighted by atomic mass is 10.1. The maximum Gasteiger partial charge on any atom is 0.146 e. The van der Waals surface area contributed by atoms with E-state index >= 15 is 0 Å². The molecule has 0 spiro atoms. The van der Waals surface area contributed by atoms with Crippen LogP contribution in [0.3, 0.4) is 0 Å². The molecule has 1 aromatic rings. The van der Waals surface area contributed by atoms with Crippen molar-refractivity contribution in [2.24, 2.45) is 5.73 Å². The van der Waals surface area contributed by atoms with Gasteiger partial charge in [0.15, 0.2) is 0 Å². The van der Waals surface area contributed by atoms with Crippen LogP contribution in [-0.2, 0) is 6.42 Å². The van der Waals surface area contributed by atoms with Crippen LogP contribution in [0.1, 0.15) is 12.5 Å². The third kappa shape index (κ3) is 4.63. The lowest BCUT2D eigenvalue weighted by Crippen LogP contribution is -2.29. The molecular weight excluding hydrogens is 229 g/mol. The van der Waals surface area contributed by atoms with Crippen molar-refractivity contribution in [1.82, 2.24) is 4.90 Å². The molecule has 0 aliphatic carbocycles. The van der Waals surface area contributed by atoms with Crippen molar-refractivity contribution in [2.75, 3.05) is 39.1 Å². The zero-order valence-electron chi connectivity index (χ0n) is 11.8. The molecule has 4 heteroatoms. The molecule has 0 aliphatic rings. The van der Waals surface area contributed by atoms with Gasteiger partial charge in [0.25, 0.3) is 0 Å². The summed E-state index contributed by atoms with van der Waals surface area (Å²) in [7, 11) is 5.93. The average molecular weight is 253 g/mol. The summed E-state index contributed by atoms with van der Waals surface area (Å²) < 4.78 is 14.0. The Bertz CT molecular complexity index is 377. The highest BCUT2D eigenvalue weighted by Gasteiger charge is 2.09. The molecule has 2 N–H and O–H groups in total. The van der Waals surface area contributed by atoms with Gasteiger partial charge in [0, 0.05) is 26.2 Å². The fraction of sp³-hybridized carbons (Fsp3) is 0.571. The van der Waals surface area contributed by atoms with Crippen LogP contribution < -0.4 is 10.6 Å². The number of halogens is 1. The molecule has 1 atom stereocenters. The molecule has 0 bridgehead atoms. The third-order valence-electron chi connectivity index (χ3n) is 2.86. The standard InChI is InChI=1S/C14H24FN3/c1-11(16)9-12-5-6-14(13(15)10-12)18(4)8-7-17(2)3/h5-6,10-11H,7-9,16H2,1-4H3. The normalized spacial score (nSPS) is 12.8. The predicted octanol–water partition coefficient (Wildman–Crippen LogP) is 1.71. The molecule has 3 nitrogen and oxygen atoms in total. The van der Waals surface area contributed by atoms with Crippen LogP contribution in [0.15, 0.2) is 18.2 Å².